The molecule has 7 heteroatoms. The smallest absolute Gasteiger partial charge is 0.342 e. The van der Waals surface area contributed by atoms with Gasteiger partial charge in [0.25, 0.3) is 5.69 Å². The maximum Gasteiger partial charge on any atom is 0.342 e. The van der Waals surface area contributed by atoms with Gasteiger partial charge >= 0.3 is 5.97 Å². The Bertz CT molecular complexity index is 837. The molecule has 0 aliphatic heterocycles. The second-order valence-corrected chi connectivity index (χ2v) is 4.37. The molecule has 1 heterocycles. The fraction of sp³-hybridized carbons (Fsp3) is 0. The summed E-state index contributed by atoms with van der Waals surface area (Å²) in [7, 11) is 0. The number of hydrogen-bond acceptors (Lipinski definition) is 4. The van der Waals surface area contributed by atoms with Crippen molar-refractivity contribution in [1.29, 1.82) is 0 Å². The van der Waals surface area contributed by atoms with E-state index in [2.05, 4.69) is 9.97 Å². The lowest BCUT2D eigenvalue weighted by Gasteiger charge is -2.02. The summed E-state index contributed by atoms with van der Waals surface area (Å²) in [6.45, 7) is 0. The molecule has 7 nitrogen and oxygen atoms in total. The Morgan fingerprint density at radius 3 is 2.62 bits per heavy atom. The molecule has 2 N–H and O–H groups in total. The normalized spacial score (nSPS) is 10.7. The molecular weight excluding hydrogens is 274 g/mol. The highest BCUT2D eigenvalue weighted by atomic mass is 16.6. The molecule has 0 bridgehead atoms. The molecule has 1 aromatic heterocycles. The minimum Gasteiger partial charge on any atom is -0.477 e. The lowest BCUT2D eigenvalue weighted by atomic mass is 10.1. The first-order valence-electron chi connectivity index (χ1n) is 6.04. The Balaban J connectivity index is 2.28. The predicted molar refractivity (Wildman–Crippen MR) is 75.1 cm³/mol. The number of nitro benzene ring substituents is 1. The molecule has 21 heavy (non-hydrogen) atoms. The number of para-hydroxylation sites is 3. The molecule has 2 aromatic carbocycles. The Morgan fingerprint density at radius 1 is 1.19 bits per heavy atom. The first-order chi connectivity index (χ1) is 10.1. The summed E-state index contributed by atoms with van der Waals surface area (Å²) < 4.78 is 0. The third kappa shape index (κ3) is 2.10. The van der Waals surface area contributed by atoms with E-state index in [-0.39, 0.29) is 17.0 Å². The first kappa shape index (κ1) is 12.8. The quantitative estimate of drug-likeness (QED) is 0.567. The Morgan fingerprint density at radius 2 is 1.95 bits per heavy atom. The molecule has 0 aliphatic rings. The summed E-state index contributed by atoms with van der Waals surface area (Å²) in [6, 6.07) is 11.3. The number of imidazole rings is 1. The van der Waals surface area contributed by atoms with Crippen molar-refractivity contribution in [3.63, 3.8) is 0 Å². The van der Waals surface area contributed by atoms with Gasteiger partial charge in [0, 0.05) is 0 Å². The molecule has 0 fully saturated rings. The lowest BCUT2D eigenvalue weighted by Crippen LogP contribution is -2.04. The number of nitrogens with zero attached hydrogens (tertiary/aromatic N) is 2. The molecule has 0 atom stereocenters. The number of fused-ring (bicyclic) bond motifs is 1. The zero-order chi connectivity index (χ0) is 15.0. The minimum atomic E-state index is -1.35. The Hall–Kier alpha value is -3.22. The third-order valence-electron chi connectivity index (χ3n) is 3.09. The number of hydrogen-bond donors (Lipinski definition) is 2. The van der Waals surface area contributed by atoms with Crippen LogP contribution < -0.4 is 0 Å². The van der Waals surface area contributed by atoms with Gasteiger partial charge in [0.15, 0.2) is 0 Å². The van der Waals surface area contributed by atoms with Crippen LogP contribution in [0.1, 0.15) is 10.4 Å². The number of rotatable bonds is 3. The number of carboxylic acid groups (broad SMARTS) is 1. The standard InChI is InChI=1S/C14H9N3O4/c18-14(19)9-5-3-4-8(12(9)17(20)21)13-15-10-6-1-2-7-11(10)16-13/h1-7H,(H,15,16)(H,18,19). The van der Waals surface area contributed by atoms with Crippen molar-refractivity contribution in [3.05, 3.63) is 58.1 Å². The van der Waals surface area contributed by atoms with Crippen LogP contribution in [0.3, 0.4) is 0 Å². The van der Waals surface area contributed by atoms with Gasteiger partial charge in [0.2, 0.25) is 0 Å². The zero-order valence-corrected chi connectivity index (χ0v) is 10.6. The van der Waals surface area contributed by atoms with E-state index in [9.17, 15) is 14.9 Å². The van der Waals surface area contributed by atoms with Gasteiger partial charge in [0.1, 0.15) is 11.4 Å². The largest absolute Gasteiger partial charge is 0.477 e. The van der Waals surface area contributed by atoms with Crippen molar-refractivity contribution in [3.8, 4) is 11.4 Å². The minimum absolute atomic E-state index is 0.149. The van der Waals surface area contributed by atoms with E-state index in [0.29, 0.717) is 5.52 Å². The SMILES string of the molecule is O=C(O)c1cccc(-c2nc3ccccc3[nH]2)c1[N+](=O)[O-]. The molecule has 0 aliphatic carbocycles. The zero-order valence-electron chi connectivity index (χ0n) is 10.6. The van der Waals surface area contributed by atoms with E-state index in [1.165, 1.54) is 18.2 Å². The van der Waals surface area contributed by atoms with E-state index in [1.54, 1.807) is 18.2 Å². The number of H-pyrrole nitrogens is 1. The van der Waals surface area contributed by atoms with Gasteiger partial charge in [-0.2, -0.15) is 0 Å². The van der Waals surface area contributed by atoms with Crippen molar-refractivity contribution in [1.82, 2.24) is 9.97 Å². The third-order valence-corrected chi connectivity index (χ3v) is 3.09. The number of aromatic amines is 1. The average molecular weight is 283 g/mol. The molecular formula is C14H9N3O4. The summed E-state index contributed by atoms with van der Waals surface area (Å²) >= 11 is 0. The van der Waals surface area contributed by atoms with Gasteiger partial charge in [-0.25, -0.2) is 9.78 Å². The van der Waals surface area contributed by atoms with Crippen molar-refractivity contribution in [2.24, 2.45) is 0 Å². The highest BCUT2D eigenvalue weighted by Crippen LogP contribution is 2.32. The van der Waals surface area contributed by atoms with Gasteiger partial charge in [-0.05, 0) is 24.3 Å². The number of nitrogens with one attached hydrogen (secondary N) is 1. The molecule has 0 radical (unpaired) electrons. The first-order valence-corrected chi connectivity index (χ1v) is 6.04. The van der Waals surface area contributed by atoms with Crippen LogP contribution in [0.15, 0.2) is 42.5 Å². The molecule has 3 rings (SSSR count). The van der Waals surface area contributed by atoms with E-state index in [0.717, 1.165) is 5.52 Å². The summed E-state index contributed by atoms with van der Waals surface area (Å²) in [5, 5.41) is 20.3. The van der Waals surface area contributed by atoms with E-state index in [4.69, 9.17) is 5.11 Å². The van der Waals surface area contributed by atoms with Crippen LogP contribution in [0.5, 0.6) is 0 Å². The van der Waals surface area contributed by atoms with E-state index >= 15 is 0 Å². The van der Waals surface area contributed by atoms with Crippen LogP contribution in [-0.4, -0.2) is 26.0 Å². The number of aromatic carboxylic acids is 1. The fourth-order valence-electron chi connectivity index (χ4n) is 2.18. The molecule has 0 saturated carbocycles. The van der Waals surface area contributed by atoms with Crippen LogP contribution in [0.25, 0.3) is 22.4 Å². The van der Waals surface area contributed by atoms with Crippen molar-refractivity contribution in [2.45, 2.75) is 0 Å². The average Bonchev–Trinajstić information content (AvgIpc) is 2.90. The highest BCUT2D eigenvalue weighted by molar-refractivity contribution is 5.96. The monoisotopic (exact) mass is 283 g/mol. The molecule has 0 amide bonds. The Labute approximate surface area is 118 Å². The van der Waals surface area contributed by atoms with Crippen LogP contribution in [0.2, 0.25) is 0 Å². The maximum absolute atomic E-state index is 11.2. The lowest BCUT2D eigenvalue weighted by molar-refractivity contribution is -0.384. The summed E-state index contributed by atoms with van der Waals surface area (Å²) in [6.07, 6.45) is 0. The summed E-state index contributed by atoms with van der Waals surface area (Å²) in [4.78, 5) is 28.9. The number of aromatic nitrogens is 2. The molecule has 0 unspecified atom stereocenters. The van der Waals surface area contributed by atoms with Gasteiger partial charge in [-0.1, -0.05) is 18.2 Å². The molecule has 3 aromatic rings. The van der Waals surface area contributed by atoms with Crippen LogP contribution in [-0.2, 0) is 0 Å². The second kappa shape index (κ2) is 4.71. The van der Waals surface area contributed by atoms with Crippen LogP contribution in [0, 0.1) is 10.1 Å². The summed E-state index contributed by atoms with van der Waals surface area (Å²) in [5.74, 6) is -1.08. The van der Waals surface area contributed by atoms with Gasteiger partial charge in [0.05, 0.1) is 21.5 Å². The highest BCUT2D eigenvalue weighted by Gasteiger charge is 2.26. The predicted octanol–water partition coefficient (Wildman–Crippen LogP) is 2.84. The number of nitro groups is 1. The topological polar surface area (TPSA) is 109 Å². The second-order valence-electron chi connectivity index (χ2n) is 4.37. The number of benzene rings is 2. The van der Waals surface area contributed by atoms with Gasteiger partial charge < -0.3 is 10.1 Å². The van der Waals surface area contributed by atoms with Crippen LogP contribution in [0.4, 0.5) is 5.69 Å². The van der Waals surface area contributed by atoms with Crippen molar-refractivity contribution >= 4 is 22.7 Å². The van der Waals surface area contributed by atoms with Crippen molar-refractivity contribution < 1.29 is 14.8 Å². The molecule has 0 spiro atoms. The number of carbonyl (C=O) groups is 1. The van der Waals surface area contributed by atoms with Gasteiger partial charge in [-0.15, -0.1) is 0 Å². The molecule has 104 valence electrons. The van der Waals surface area contributed by atoms with Crippen molar-refractivity contribution in [2.75, 3.05) is 0 Å². The summed E-state index contributed by atoms with van der Waals surface area (Å²) in [5.41, 5.74) is 0.697. The van der Waals surface area contributed by atoms with E-state index in [1.807, 2.05) is 6.07 Å². The number of carboxylic acids is 1. The van der Waals surface area contributed by atoms with Gasteiger partial charge in [-0.3, -0.25) is 10.1 Å². The van der Waals surface area contributed by atoms with Crippen LogP contribution >= 0.6 is 0 Å². The van der Waals surface area contributed by atoms with E-state index < -0.39 is 16.6 Å². The fourth-order valence-corrected chi connectivity index (χ4v) is 2.18. The molecule has 0 saturated heterocycles. The Kier molecular flexibility index (Phi) is 2.87. The maximum atomic E-state index is 11.2.